The van der Waals surface area contributed by atoms with Gasteiger partial charge in [-0.1, -0.05) is 23.2 Å². The van der Waals surface area contributed by atoms with Crippen LogP contribution in [0.3, 0.4) is 0 Å². The van der Waals surface area contributed by atoms with E-state index in [0.29, 0.717) is 17.0 Å². The number of hydrogen-bond donors (Lipinski definition) is 1. The first-order valence-electron chi connectivity index (χ1n) is 5.82. The van der Waals surface area contributed by atoms with E-state index in [1.807, 2.05) is 6.07 Å². The summed E-state index contributed by atoms with van der Waals surface area (Å²) in [5, 5.41) is 11.5. The molecule has 0 atom stereocenters. The van der Waals surface area contributed by atoms with Gasteiger partial charge in [0, 0.05) is 11.9 Å². The lowest BCUT2D eigenvalue weighted by molar-refractivity contribution is 0.102. The Morgan fingerprint density at radius 2 is 2.05 bits per heavy atom. The summed E-state index contributed by atoms with van der Waals surface area (Å²) in [6, 6.07) is 9.94. The lowest BCUT2D eigenvalue weighted by Gasteiger charge is -2.07. The van der Waals surface area contributed by atoms with Crippen LogP contribution in [0.25, 0.3) is 0 Å². The van der Waals surface area contributed by atoms with Crippen molar-refractivity contribution >= 4 is 34.8 Å². The molecule has 21 heavy (non-hydrogen) atoms. The molecule has 1 aromatic carbocycles. The number of benzene rings is 1. The molecule has 0 aliphatic carbocycles. The first-order valence-corrected chi connectivity index (χ1v) is 6.58. The van der Waals surface area contributed by atoms with Crippen LogP contribution in [-0.4, -0.2) is 17.5 Å². The van der Waals surface area contributed by atoms with Crippen LogP contribution < -0.4 is 10.1 Å². The number of aromatic nitrogens is 1. The largest absolute Gasteiger partial charge is 0.479 e. The van der Waals surface area contributed by atoms with Gasteiger partial charge in [0.2, 0.25) is 0 Å². The SMILES string of the molecule is N#CCOc1ccc(NC(=O)c2cnc(Cl)c(Cl)c2)cc1. The van der Waals surface area contributed by atoms with Crippen molar-refractivity contribution in [2.24, 2.45) is 0 Å². The van der Waals surface area contributed by atoms with Crippen molar-refractivity contribution < 1.29 is 9.53 Å². The van der Waals surface area contributed by atoms with Gasteiger partial charge in [-0.2, -0.15) is 5.26 Å². The number of carbonyl (C=O) groups is 1. The first kappa shape index (κ1) is 15.1. The minimum Gasteiger partial charge on any atom is -0.479 e. The van der Waals surface area contributed by atoms with E-state index < -0.39 is 0 Å². The number of ether oxygens (including phenoxy) is 1. The molecule has 106 valence electrons. The van der Waals surface area contributed by atoms with Crippen molar-refractivity contribution in [3.05, 3.63) is 52.3 Å². The molecule has 0 saturated carbocycles. The monoisotopic (exact) mass is 321 g/mol. The highest BCUT2D eigenvalue weighted by molar-refractivity contribution is 6.41. The molecule has 0 unspecified atom stereocenters. The Kier molecular flexibility index (Phi) is 4.99. The van der Waals surface area contributed by atoms with Crippen LogP contribution in [-0.2, 0) is 0 Å². The van der Waals surface area contributed by atoms with Crippen LogP contribution in [0.2, 0.25) is 10.2 Å². The summed E-state index contributed by atoms with van der Waals surface area (Å²) in [5.74, 6) is 0.192. The zero-order valence-electron chi connectivity index (χ0n) is 10.6. The zero-order valence-corrected chi connectivity index (χ0v) is 12.1. The molecule has 0 spiro atoms. The Morgan fingerprint density at radius 1 is 1.33 bits per heavy atom. The number of rotatable bonds is 4. The molecule has 0 bridgehead atoms. The summed E-state index contributed by atoms with van der Waals surface area (Å²) in [6.07, 6.45) is 1.34. The topological polar surface area (TPSA) is 75.0 Å². The quantitative estimate of drug-likeness (QED) is 0.874. The van der Waals surface area contributed by atoms with E-state index in [4.69, 9.17) is 33.2 Å². The van der Waals surface area contributed by atoms with Crippen molar-refractivity contribution in [2.45, 2.75) is 0 Å². The average Bonchev–Trinajstić information content (AvgIpc) is 2.49. The predicted octanol–water partition coefficient (Wildman–Crippen LogP) is 3.54. The Labute approximate surface area is 131 Å². The number of amides is 1. The maximum absolute atomic E-state index is 12.0. The van der Waals surface area contributed by atoms with E-state index in [1.54, 1.807) is 24.3 Å². The van der Waals surface area contributed by atoms with Crippen molar-refractivity contribution in [3.8, 4) is 11.8 Å². The van der Waals surface area contributed by atoms with Crippen molar-refractivity contribution in [3.63, 3.8) is 0 Å². The molecule has 2 rings (SSSR count). The van der Waals surface area contributed by atoms with Crippen LogP contribution in [0.5, 0.6) is 5.75 Å². The summed E-state index contributed by atoms with van der Waals surface area (Å²) in [7, 11) is 0. The molecule has 0 fully saturated rings. The molecule has 1 heterocycles. The highest BCUT2D eigenvalue weighted by atomic mass is 35.5. The number of nitrogens with zero attached hydrogens (tertiary/aromatic N) is 2. The van der Waals surface area contributed by atoms with Gasteiger partial charge in [-0.25, -0.2) is 4.98 Å². The molecule has 1 amide bonds. The molecule has 0 aliphatic heterocycles. The fourth-order valence-electron chi connectivity index (χ4n) is 1.50. The van der Waals surface area contributed by atoms with Gasteiger partial charge in [-0.15, -0.1) is 0 Å². The number of hydrogen-bond acceptors (Lipinski definition) is 4. The molecule has 0 aliphatic rings. The number of nitrogens with one attached hydrogen (secondary N) is 1. The minimum absolute atomic E-state index is 0.0271. The maximum atomic E-state index is 12.0. The van der Waals surface area contributed by atoms with Gasteiger partial charge < -0.3 is 10.1 Å². The van der Waals surface area contributed by atoms with E-state index in [2.05, 4.69) is 10.3 Å². The van der Waals surface area contributed by atoms with Crippen LogP contribution >= 0.6 is 23.2 Å². The molecule has 2 aromatic rings. The number of anilines is 1. The molecule has 1 N–H and O–H groups in total. The van der Waals surface area contributed by atoms with Crippen molar-refractivity contribution in [1.29, 1.82) is 5.26 Å². The third-order valence-electron chi connectivity index (χ3n) is 2.47. The van der Waals surface area contributed by atoms with Gasteiger partial charge in [-0.3, -0.25) is 4.79 Å². The van der Waals surface area contributed by atoms with E-state index in [9.17, 15) is 4.79 Å². The van der Waals surface area contributed by atoms with Gasteiger partial charge in [0.05, 0.1) is 10.6 Å². The van der Waals surface area contributed by atoms with Crippen LogP contribution in [0.1, 0.15) is 10.4 Å². The summed E-state index contributed by atoms with van der Waals surface area (Å²) in [4.78, 5) is 15.8. The third-order valence-corrected chi connectivity index (χ3v) is 3.16. The summed E-state index contributed by atoms with van der Waals surface area (Å²) in [6.45, 7) is -0.0271. The first-order chi connectivity index (χ1) is 10.1. The van der Waals surface area contributed by atoms with Crippen LogP contribution in [0.4, 0.5) is 5.69 Å². The Bertz CT molecular complexity index is 696. The second-order valence-electron chi connectivity index (χ2n) is 3.92. The highest BCUT2D eigenvalue weighted by Crippen LogP contribution is 2.21. The number of carbonyl (C=O) groups excluding carboxylic acids is 1. The average molecular weight is 322 g/mol. The Balaban J connectivity index is 2.05. The van der Waals surface area contributed by atoms with E-state index >= 15 is 0 Å². The Morgan fingerprint density at radius 3 is 2.67 bits per heavy atom. The summed E-state index contributed by atoms with van der Waals surface area (Å²) < 4.78 is 5.11. The van der Waals surface area contributed by atoms with Gasteiger partial charge in [0.15, 0.2) is 6.61 Å². The smallest absolute Gasteiger partial charge is 0.257 e. The number of nitriles is 1. The van der Waals surface area contributed by atoms with E-state index in [0.717, 1.165) is 0 Å². The highest BCUT2D eigenvalue weighted by Gasteiger charge is 2.09. The second-order valence-corrected chi connectivity index (χ2v) is 4.69. The van der Waals surface area contributed by atoms with Gasteiger partial charge >= 0.3 is 0 Å². The van der Waals surface area contributed by atoms with Gasteiger partial charge in [-0.05, 0) is 30.3 Å². The molecule has 1 aromatic heterocycles. The summed E-state index contributed by atoms with van der Waals surface area (Å²) >= 11 is 11.5. The van der Waals surface area contributed by atoms with Gasteiger partial charge in [0.25, 0.3) is 5.91 Å². The fourth-order valence-corrected chi connectivity index (χ4v) is 1.77. The molecule has 0 radical (unpaired) electrons. The second kappa shape index (κ2) is 6.93. The van der Waals surface area contributed by atoms with Crippen molar-refractivity contribution in [2.75, 3.05) is 11.9 Å². The normalized spacial score (nSPS) is 9.76. The summed E-state index contributed by atoms with van der Waals surface area (Å²) in [5.41, 5.74) is 0.879. The molecular weight excluding hydrogens is 313 g/mol. The molecule has 0 saturated heterocycles. The molecule has 7 heteroatoms. The van der Waals surface area contributed by atoms with E-state index in [1.165, 1.54) is 12.3 Å². The lowest BCUT2D eigenvalue weighted by atomic mass is 10.2. The maximum Gasteiger partial charge on any atom is 0.257 e. The number of pyridine rings is 1. The lowest BCUT2D eigenvalue weighted by Crippen LogP contribution is -2.12. The minimum atomic E-state index is -0.355. The Hall–Kier alpha value is -2.29. The standard InChI is InChI=1S/C14H9Cl2N3O2/c15-12-7-9(8-18-13(12)16)14(20)19-10-1-3-11(4-2-10)21-6-5-17/h1-4,7-8H,6H2,(H,19,20). The third kappa shape index (κ3) is 4.09. The molecule has 5 nitrogen and oxygen atoms in total. The molecular formula is C14H9Cl2N3O2. The van der Waals surface area contributed by atoms with Gasteiger partial charge in [0.1, 0.15) is 17.0 Å². The fraction of sp³-hybridized carbons (Fsp3) is 0.0714. The van der Waals surface area contributed by atoms with Crippen molar-refractivity contribution in [1.82, 2.24) is 4.98 Å². The number of halogens is 2. The van der Waals surface area contributed by atoms with Crippen LogP contribution in [0.15, 0.2) is 36.5 Å². The predicted molar refractivity (Wildman–Crippen MR) is 79.8 cm³/mol. The van der Waals surface area contributed by atoms with Crippen LogP contribution in [0, 0.1) is 11.3 Å². The van der Waals surface area contributed by atoms with E-state index in [-0.39, 0.29) is 22.7 Å². The zero-order chi connectivity index (χ0) is 15.2.